The molecule has 0 aromatic heterocycles. The van der Waals surface area contributed by atoms with E-state index in [0.717, 1.165) is 11.9 Å². The van der Waals surface area contributed by atoms with Gasteiger partial charge in [-0.25, -0.2) is 4.79 Å². The predicted molar refractivity (Wildman–Crippen MR) is 360 cm³/mol. The number of carbonyl (C=O) groups is 4. The number of carbonyl (C=O) groups excluding carboxylic acids is 3. The number of amides is 1. The Bertz CT molecular complexity index is 3270. The molecular formula is C72H113NO37. The van der Waals surface area contributed by atoms with Crippen LogP contribution in [0.3, 0.4) is 0 Å². The molecule has 1 amide bonds. The van der Waals surface area contributed by atoms with Gasteiger partial charge in [-0.05, 0) is 104 Å². The fourth-order valence-corrected chi connectivity index (χ4v) is 20.5. The van der Waals surface area contributed by atoms with Crippen molar-refractivity contribution in [2.75, 3.05) is 39.6 Å². The lowest BCUT2D eigenvalue weighted by Crippen LogP contribution is -2.70. The molecule has 0 bridgehead atoms. The molecule has 7 aliphatic heterocycles. The second-order valence-electron chi connectivity index (χ2n) is 34.2. The Morgan fingerprint density at radius 2 is 1.18 bits per heavy atom. The first kappa shape index (κ1) is 85.9. The molecule has 110 heavy (non-hydrogen) atoms. The highest BCUT2D eigenvalue weighted by atomic mass is 16.8. The number of ether oxygens (including phenoxy) is 14. The van der Waals surface area contributed by atoms with E-state index < -0.39 is 304 Å². The van der Waals surface area contributed by atoms with E-state index in [9.17, 15) is 111 Å². The van der Waals surface area contributed by atoms with Crippen LogP contribution < -0.4 is 5.32 Å². The molecule has 18 unspecified atom stereocenters. The van der Waals surface area contributed by atoms with Crippen LogP contribution in [0, 0.1) is 50.2 Å². The molecule has 0 aromatic rings. The van der Waals surface area contributed by atoms with E-state index in [-0.39, 0.29) is 31.6 Å². The van der Waals surface area contributed by atoms with Crippen LogP contribution in [-0.4, -0.2) is 363 Å². The monoisotopic (exact) mass is 1580 g/mol. The van der Waals surface area contributed by atoms with Crippen molar-refractivity contribution < 1.29 is 183 Å². The average Bonchev–Trinajstić information content (AvgIpc) is 0.705. The molecule has 7 saturated heterocycles. The summed E-state index contributed by atoms with van der Waals surface area (Å²) >= 11 is 0. The Kier molecular flexibility index (Phi) is 25.4. The van der Waals surface area contributed by atoms with Crippen LogP contribution in [-0.2, 0) is 85.5 Å². The lowest BCUT2D eigenvalue weighted by atomic mass is 9.33. The van der Waals surface area contributed by atoms with Crippen molar-refractivity contribution >= 4 is 24.1 Å². The average molecular weight is 1580 g/mol. The summed E-state index contributed by atoms with van der Waals surface area (Å²) in [5.74, 6) is -4.84. The van der Waals surface area contributed by atoms with Crippen molar-refractivity contribution in [3.63, 3.8) is 0 Å². The Morgan fingerprint density at radius 3 is 1.83 bits per heavy atom. The van der Waals surface area contributed by atoms with E-state index in [4.69, 9.17) is 66.3 Å². The molecule has 4 saturated carbocycles. The highest BCUT2D eigenvalue weighted by molar-refractivity contribution is 5.80. The third-order valence-electron chi connectivity index (χ3n) is 27.3. The molecule has 12 rings (SSSR count). The predicted octanol–water partition coefficient (Wildman–Crippen LogP) is -6.84. The van der Waals surface area contributed by atoms with Crippen LogP contribution in [0.25, 0.3) is 0 Å². The number of carboxylic acid groups (broad SMARTS) is 1. The minimum atomic E-state index is -2.24. The number of esters is 1. The van der Waals surface area contributed by atoms with Crippen LogP contribution >= 0.6 is 0 Å². The topological polar surface area (TPSA) is 594 Å². The molecule has 41 atom stereocenters. The number of hydrogen-bond acceptors (Lipinski definition) is 36. The summed E-state index contributed by atoms with van der Waals surface area (Å²) in [5.41, 5.74) is -7.23. The Balaban J connectivity index is 0.800. The van der Waals surface area contributed by atoms with E-state index >= 15 is 4.79 Å². The summed E-state index contributed by atoms with van der Waals surface area (Å²) in [6, 6.07) is -1.46. The van der Waals surface area contributed by atoms with Crippen molar-refractivity contribution in [3.05, 3.63) is 11.6 Å². The minimum absolute atomic E-state index is 0.00372. The first-order valence-electron chi connectivity index (χ1n) is 38.1. The Morgan fingerprint density at radius 1 is 0.573 bits per heavy atom. The summed E-state index contributed by atoms with van der Waals surface area (Å²) in [6.45, 7) is 10.7. The summed E-state index contributed by atoms with van der Waals surface area (Å²) < 4.78 is 84.0. The van der Waals surface area contributed by atoms with E-state index in [1.807, 2.05) is 0 Å². The zero-order valence-electron chi connectivity index (χ0n) is 62.5. The number of aldehydes is 1. The molecular weight excluding hydrogens is 1470 g/mol. The molecule has 0 aromatic carbocycles. The summed E-state index contributed by atoms with van der Waals surface area (Å²) in [5, 5.41) is 213. The standard InChI is InChI=1S/C72H113NO37/c1-9-38(81)73-39-32(20-74)101-62(54(42(39)84)108-60-47(89)44(86)50(27(2)100-60)104-59-49(91)51(31(79)23-98-59)105-64-56(92)71(96,25-77)26-99-64)110-65(95)72-17-16-66(3,4)18-29(72)28-10-11-35-67(5)14-13-37(68(6,24-76)34(67)12-15-69(35,7)70(28,8)19-36(72)80)103-63-55(109-61-46(88)43(85)41(83)33(21-75)102-61)52(48(90)53(107-63)57(93)94)106-58-45(87)40(82)30(78)22-97-58/h10,24,27,29-37,39-56,58-64,74-75,77-80,82-92,96H,9,11-23,25-26H2,1-8H3,(H,73,81)(H,93,94)/t27?,29?,30-,31-,32?,33?,34-,35?,36?,37+,39+,40+,41+,42?,43+,44?,45?,46?,47?,48+,49?,50+,51?,52+,53?,54?,55?,56?,58+,59+,60+,61+,62+,63-,64+,67?,68-,69+,70-,71+,72-/m1/s1. The number of hydrogen-bond donors (Lipinski definition) is 20. The summed E-state index contributed by atoms with van der Waals surface area (Å²) in [7, 11) is 0. The number of fused-ring (bicyclic) bond motifs is 7. The van der Waals surface area contributed by atoms with Gasteiger partial charge in [0.1, 0.15) is 133 Å². The quantitative estimate of drug-likeness (QED) is 0.0220. The number of aliphatic hydroxyl groups excluding tert-OH is 17. The minimum Gasteiger partial charge on any atom is -0.479 e. The van der Waals surface area contributed by atoms with Gasteiger partial charge in [0.05, 0.1) is 69.4 Å². The Labute approximate surface area is 633 Å². The van der Waals surface area contributed by atoms with Gasteiger partial charge in [-0.1, -0.05) is 60.1 Å². The van der Waals surface area contributed by atoms with Crippen molar-refractivity contribution in [1.29, 1.82) is 0 Å². The van der Waals surface area contributed by atoms with Crippen molar-refractivity contribution in [2.45, 2.75) is 322 Å². The number of aliphatic carboxylic acids is 1. The first-order valence-corrected chi connectivity index (χ1v) is 38.1. The highest BCUT2D eigenvalue weighted by Crippen LogP contribution is 2.76. The molecule has 628 valence electrons. The van der Waals surface area contributed by atoms with Gasteiger partial charge in [-0.2, -0.15) is 0 Å². The van der Waals surface area contributed by atoms with Gasteiger partial charge in [0, 0.05) is 6.42 Å². The SMILES string of the molecule is CCC(=O)N[C@H]1C(CO)O[C@@H](OC(=O)[C@]23CCC(C)(C)CC2C2=CCC4C5(C)CC[C@H](O[C@@H]6OC(C(=O)O)[C@@H](O)[C@H](O[C@@H]7OC[C@@H](O)[C@H](O)C7O)C6O[C@@H]6OC(CO)[C@H](O)[C@H](O)C6O)[C@](C)(C=O)[C@@H]5CC[C@]4(C)[C@]2(C)CC3O)C(O[C@@H]2OC(C)[C@H](O[C@@H]3OC[C@@H](O)C(O[C@@H]4OC[C@@](O)(CO)C4O)C3O)C(O)C2O)C1O. The molecule has 5 aliphatic carbocycles. The number of aliphatic hydroxyl groups is 18. The smallest absolute Gasteiger partial charge is 0.335 e. The molecule has 38 nitrogen and oxygen atoms in total. The lowest BCUT2D eigenvalue weighted by Gasteiger charge is -2.71. The summed E-state index contributed by atoms with van der Waals surface area (Å²) in [4.78, 5) is 56.4. The normalized spacial score (nSPS) is 52.9. The van der Waals surface area contributed by atoms with Gasteiger partial charge < -0.3 is 173 Å². The highest BCUT2D eigenvalue weighted by Gasteiger charge is 2.73. The number of allylic oxidation sites excluding steroid dienone is 2. The zero-order chi connectivity index (χ0) is 80.4. The lowest BCUT2D eigenvalue weighted by molar-refractivity contribution is -0.391. The number of carboxylic acids is 1. The third kappa shape index (κ3) is 14.8. The zero-order valence-corrected chi connectivity index (χ0v) is 62.5. The second kappa shape index (κ2) is 32.5. The fraction of sp³-hybridized carbons (Fsp3) is 0.917. The maximum absolute atomic E-state index is 16.0. The maximum Gasteiger partial charge on any atom is 0.335 e. The second-order valence-corrected chi connectivity index (χ2v) is 34.2. The van der Waals surface area contributed by atoms with Crippen LogP contribution in [0.1, 0.15) is 120 Å². The van der Waals surface area contributed by atoms with Crippen LogP contribution in [0.5, 0.6) is 0 Å². The number of nitrogens with one attached hydrogen (secondary N) is 1. The van der Waals surface area contributed by atoms with Gasteiger partial charge in [-0.3, -0.25) is 9.59 Å². The van der Waals surface area contributed by atoms with Crippen molar-refractivity contribution in [2.24, 2.45) is 50.2 Å². The third-order valence-corrected chi connectivity index (χ3v) is 27.3. The van der Waals surface area contributed by atoms with Crippen LogP contribution in [0.4, 0.5) is 0 Å². The molecule has 11 fully saturated rings. The van der Waals surface area contributed by atoms with Gasteiger partial charge in [0.2, 0.25) is 12.2 Å². The van der Waals surface area contributed by atoms with Crippen molar-refractivity contribution in [3.8, 4) is 0 Å². The molecule has 12 aliphatic rings. The van der Waals surface area contributed by atoms with Gasteiger partial charge in [-0.15, -0.1) is 0 Å². The van der Waals surface area contributed by atoms with Crippen LogP contribution in [0.2, 0.25) is 0 Å². The van der Waals surface area contributed by atoms with E-state index in [2.05, 4.69) is 46.0 Å². The van der Waals surface area contributed by atoms with Gasteiger partial charge >= 0.3 is 11.9 Å². The maximum atomic E-state index is 16.0. The number of rotatable bonds is 21. The van der Waals surface area contributed by atoms with Gasteiger partial charge in [0.15, 0.2) is 49.9 Å². The largest absolute Gasteiger partial charge is 0.479 e. The van der Waals surface area contributed by atoms with Gasteiger partial charge in [0.25, 0.3) is 0 Å². The first-order chi connectivity index (χ1) is 51.7. The van der Waals surface area contributed by atoms with Crippen LogP contribution in [0.15, 0.2) is 11.6 Å². The molecule has 0 spiro atoms. The molecule has 38 heteroatoms. The molecule has 20 N–H and O–H groups in total. The van der Waals surface area contributed by atoms with E-state index in [0.29, 0.717) is 38.5 Å². The molecule has 0 radical (unpaired) electrons. The van der Waals surface area contributed by atoms with E-state index in [1.165, 1.54) is 13.8 Å². The van der Waals surface area contributed by atoms with Crippen molar-refractivity contribution in [1.82, 2.24) is 5.32 Å². The summed E-state index contributed by atoms with van der Waals surface area (Å²) in [6.07, 6.45) is -51.1. The fourth-order valence-electron chi connectivity index (χ4n) is 20.5. The molecule has 7 heterocycles. The van der Waals surface area contributed by atoms with E-state index in [1.54, 1.807) is 6.92 Å². The Hall–Kier alpha value is -3.42.